The van der Waals surface area contributed by atoms with Crippen LogP contribution in [0.2, 0.25) is 0 Å². The van der Waals surface area contributed by atoms with Gasteiger partial charge in [0.2, 0.25) is 0 Å². The molecule has 3 heteroatoms. The third-order valence-corrected chi connectivity index (χ3v) is 7.22. The molecule has 0 aromatic rings. The molecular formula is C21H36O3. The number of fused-ring (bicyclic) bond motifs is 1. The van der Waals surface area contributed by atoms with E-state index in [2.05, 4.69) is 27.7 Å². The van der Waals surface area contributed by atoms with E-state index in [0.29, 0.717) is 23.5 Å². The molecule has 0 aromatic carbocycles. The topological polar surface area (TPSA) is 35.5 Å². The standard InChI is InChI=1S/C21H36O3/c1-14(9-12-18-19(2,3)24-20(4,5)23-18)15-10-11-16-17(22)8-7-13-21(15,16)6/h14-16,18H,7-13H2,1-6H3/t14-,15-,16+,18-,21-/m1/s1. The maximum absolute atomic E-state index is 12.3. The minimum Gasteiger partial charge on any atom is -0.344 e. The van der Waals surface area contributed by atoms with Gasteiger partial charge in [-0.25, -0.2) is 0 Å². The van der Waals surface area contributed by atoms with Gasteiger partial charge in [-0.05, 0) is 83.5 Å². The zero-order valence-electron chi connectivity index (χ0n) is 16.5. The number of Topliss-reactive ketones (excluding diaryl/α,β-unsaturated/α-hetero) is 1. The van der Waals surface area contributed by atoms with Gasteiger partial charge in [0.05, 0.1) is 11.7 Å². The Bertz CT molecular complexity index is 495. The normalized spacial score (nSPS) is 42.1. The molecular weight excluding hydrogens is 300 g/mol. The molecule has 0 unspecified atom stereocenters. The molecule has 2 aliphatic carbocycles. The lowest BCUT2D eigenvalue weighted by Crippen LogP contribution is -2.39. The Morgan fingerprint density at radius 3 is 2.50 bits per heavy atom. The van der Waals surface area contributed by atoms with Gasteiger partial charge in [0.15, 0.2) is 5.79 Å². The van der Waals surface area contributed by atoms with Crippen LogP contribution in [0.25, 0.3) is 0 Å². The summed E-state index contributed by atoms with van der Waals surface area (Å²) < 4.78 is 12.2. The van der Waals surface area contributed by atoms with Gasteiger partial charge in [-0.15, -0.1) is 0 Å². The van der Waals surface area contributed by atoms with E-state index < -0.39 is 5.79 Å². The first kappa shape index (κ1) is 18.4. The van der Waals surface area contributed by atoms with Crippen LogP contribution in [0, 0.1) is 23.2 Å². The summed E-state index contributed by atoms with van der Waals surface area (Å²) >= 11 is 0. The van der Waals surface area contributed by atoms with E-state index in [9.17, 15) is 4.79 Å². The molecule has 3 aliphatic rings. The number of carbonyl (C=O) groups excluding carboxylic acids is 1. The minimum atomic E-state index is -0.475. The Hall–Kier alpha value is -0.410. The summed E-state index contributed by atoms with van der Waals surface area (Å²) in [7, 11) is 0. The largest absolute Gasteiger partial charge is 0.344 e. The van der Waals surface area contributed by atoms with Gasteiger partial charge >= 0.3 is 0 Å². The van der Waals surface area contributed by atoms with Crippen molar-refractivity contribution >= 4 is 5.78 Å². The highest BCUT2D eigenvalue weighted by molar-refractivity contribution is 5.83. The molecule has 3 fully saturated rings. The third-order valence-electron chi connectivity index (χ3n) is 7.22. The second kappa shape index (κ2) is 6.09. The van der Waals surface area contributed by atoms with Crippen molar-refractivity contribution in [3.8, 4) is 0 Å². The number of hydrogen-bond acceptors (Lipinski definition) is 3. The SMILES string of the molecule is C[C@H](CC[C@H]1OC(C)(C)OC1(C)C)[C@H]1CC[C@H]2C(=O)CCC[C@]12C. The van der Waals surface area contributed by atoms with Crippen LogP contribution >= 0.6 is 0 Å². The van der Waals surface area contributed by atoms with Crippen molar-refractivity contribution in [3.05, 3.63) is 0 Å². The molecule has 24 heavy (non-hydrogen) atoms. The van der Waals surface area contributed by atoms with E-state index in [1.165, 1.54) is 12.8 Å². The molecule has 1 heterocycles. The van der Waals surface area contributed by atoms with E-state index in [1.54, 1.807) is 0 Å². The summed E-state index contributed by atoms with van der Waals surface area (Å²) in [5.41, 5.74) is 0.0305. The van der Waals surface area contributed by atoms with Crippen molar-refractivity contribution in [1.82, 2.24) is 0 Å². The van der Waals surface area contributed by atoms with Crippen LogP contribution < -0.4 is 0 Å². The first-order chi connectivity index (χ1) is 11.1. The van der Waals surface area contributed by atoms with Crippen LogP contribution in [0.4, 0.5) is 0 Å². The molecule has 0 bridgehead atoms. The molecule has 138 valence electrons. The lowest BCUT2D eigenvalue weighted by molar-refractivity contribution is -0.157. The second-order valence-corrected chi connectivity index (χ2v) is 9.83. The average molecular weight is 337 g/mol. The zero-order valence-corrected chi connectivity index (χ0v) is 16.5. The minimum absolute atomic E-state index is 0.160. The first-order valence-electron chi connectivity index (χ1n) is 9.96. The summed E-state index contributed by atoms with van der Waals surface area (Å²) in [6.45, 7) is 13.1. The van der Waals surface area contributed by atoms with Crippen LogP contribution in [0.1, 0.15) is 86.5 Å². The van der Waals surface area contributed by atoms with E-state index in [4.69, 9.17) is 9.47 Å². The molecule has 3 nitrogen and oxygen atoms in total. The molecule has 1 aliphatic heterocycles. The molecule has 1 saturated heterocycles. The highest BCUT2D eigenvalue weighted by atomic mass is 16.8. The Kier molecular flexibility index (Phi) is 4.66. The number of carbonyl (C=O) groups is 1. The summed E-state index contributed by atoms with van der Waals surface area (Å²) in [4.78, 5) is 12.3. The van der Waals surface area contributed by atoms with Crippen molar-refractivity contribution in [2.75, 3.05) is 0 Å². The number of ether oxygens (including phenoxy) is 2. The first-order valence-corrected chi connectivity index (χ1v) is 9.96. The number of hydrogen-bond donors (Lipinski definition) is 0. The number of rotatable bonds is 4. The third kappa shape index (κ3) is 3.19. The molecule has 0 spiro atoms. The summed E-state index contributed by atoms with van der Waals surface area (Å²) in [5.74, 6) is 1.73. The summed E-state index contributed by atoms with van der Waals surface area (Å²) in [5, 5.41) is 0. The molecule has 5 atom stereocenters. The van der Waals surface area contributed by atoms with Crippen molar-refractivity contribution in [2.45, 2.75) is 104 Å². The fourth-order valence-electron chi connectivity index (χ4n) is 6.13. The second-order valence-electron chi connectivity index (χ2n) is 9.83. The Balaban J connectivity index is 1.62. The van der Waals surface area contributed by atoms with Crippen LogP contribution in [-0.2, 0) is 14.3 Å². The van der Waals surface area contributed by atoms with Gasteiger partial charge in [-0.3, -0.25) is 4.79 Å². The number of ketones is 1. The van der Waals surface area contributed by atoms with Gasteiger partial charge in [-0.1, -0.05) is 13.8 Å². The molecule has 0 aromatic heterocycles. The Morgan fingerprint density at radius 1 is 1.17 bits per heavy atom. The van der Waals surface area contributed by atoms with Gasteiger partial charge in [0.1, 0.15) is 5.78 Å². The van der Waals surface area contributed by atoms with E-state index in [1.807, 2.05) is 13.8 Å². The Morgan fingerprint density at radius 2 is 1.88 bits per heavy atom. The molecule has 2 saturated carbocycles. The van der Waals surface area contributed by atoms with Crippen LogP contribution in [0.15, 0.2) is 0 Å². The lowest BCUT2D eigenvalue weighted by Gasteiger charge is -2.42. The van der Waals surface area contributed by atoms with Crippen molar-refractivity contribution in [1.29, 1.82) is 0 Å². The molecule has 0 radical (unpaired) electrons. The predicted molar refractivity (Wildman–Crippen MR) is 95.7 cm³/mol. The molecule has 3 rings (SSSR count). The molecule has 0 N–H and O–H groups in total. The fourth-order valence-corrected chi connectivity index (χ4v) is 6.13. The van der Waals surface area contributed by atoms with Crippen molar-refractivity contribution < 1.29 is 14.3 Å². The maximum Gasteiger partial charge on any atom is 0.164 e. The highest BCUT2D eigenvalue weighted by Crippen LogP contribution is 2.57. The van der Waals surface area contributed by atoms with E-state index in [-0.39, 0.29) is 17.1 Å². The van der Waals surface area contributed by atoms with E-state index in [0.717, 1.165) is 32.1 Å². The van der Waals surface area contributed by atoms with Gasteiger partial charge in [0.25, 0.3) is 0 Å². The smallest absolute Gasteiger partial charge is 0.164 e. The zero-order chi connectivity index (χ0) is 17.8. The van der Waals surface area contributed by atoms with E-state index >= 15 is 0 Å². The Labute approximate surface area is 147 Å². The average Bonchev–Trinajstić information content (AvgIpc) is 2.90. The van der Waals surface area contributed by atoms with Crippen LogP contribution in [0.3, 0.4) is 0 Å². The maximum atomic E-state index is 12.3. The van der Waals surface area contributed by atoms with Gasteiger partial charge < -0.3 is 9.47 Å². The summed E-state index contributed by atoms with van der Waals surface area (Å²) in [6.07, 6.45) is 7.86. The molecule has 0 amide bonds. The fraction of sp³-hybridized carbons (Fsp3) is 0.952. The quantitative estimate of drug-likeness (QED) is 0.715. The lowest BCUT2D eigenvalue weighted by atomic mass is 9.62. The van der Waals surface area contributed by atoms with Gasteiger partial charge in [0, 0.05) is 12.3 Å². The monoisotopic (exact) mass is 336 g/mol. The summed E-state index contributed by atoms with van der Waals surface area (Å²) in [6, 6.07) is 0. The van der Waals surface area contributed by atoms with Crippen molar-refractivity contribution in [2.24, 2.45) is 23.2 Å². The predicted octanol–water partition coefficient (Wildman–Crippen LogP) is 5.12. The van der Waals surface area contributed by atoms with Crippen LogP contribution in [0.5, 0.6) is 0 Å². The van der Waals surface area contributed by atoms with Crippen LogP contribution in [-0.4, -0.2) is 23.3 Å². The van der Waals surface area contributed by atoms with Gasteiger partial charge in [-0.2, -0.15) is 0 Å². The highest BCUT2D eigenvalue weighted by Gasteiger charge is 2.53. The van der Waals surface area contributed by atoms with Crippen molar-refractivity contribution in [3.63, 3.8) is 0 Å².